The number of hydrogen-bond acceptors (Lipinski definition) is 4. The fourth-order valence-electron chi connectivity index (χ4n) is 2.74. The molecule has 2 aromatic carbocycles. The van der Waals surface area contributed by atoms with E-state index in [1.54, 1.807) is 83.1 Å². The molecule has 0 amide bonds. The summed E-state index contributed by atoms with van der Waals surface area (Å²) in [6.07, 6.45) is 0. The lowest BCUT2D eigenvalue weighted by atomic mass is 10.0. The number of benzene rings is 2. The summed E-state index contributed by atoms with van der Waals surface area (Å²) in [5.41, 5.74) is 1.57. The second kappa shape index (κ2) is 8.23. The monoisotopic (exact) mass is 424 g/mol. The van der Waals surface area contributed by atoms with E-state index in [-0.39, 0.29) is 0 Å². The predicted molar refractivity (Wildman–Crippen MR) is 115 cm³/mol. The molecule has 0 unspecified atom stereocenters. The molecular weight excluding hydrogens is 396 g/mol. The first kappa shape index (κ1) is 22.4. The van der Waals surface area contributed by atoms with Gasteiger partial charge in [-0.1, -0.05) is 37.3 Å². The molecule has 1 N–H and O–H groups in total. The zero-order chi connectivity index (χ0) is 21.2. The number of nitrogens with one attached hydrogen (secondary N) is 1. The molecule has 0 fully saturated rings. The van der Waals surface area contributed by atoms with Crippen molar-refractivity contribution in [3.8, 4) is 0 Å². The van der Waals surface area contributed by atoms with Crippen LogP contribution in [0.2, 0.25) is 0 Å². The Hall–Kier alpha value is -1.90. The number of hydrogen-bond donors (Lipinski definition) is 1. The summed E-state index contributed by atoms with van der Waals surface area (Å²) in [7, 11) is -7.20. The number of para-hydroxylation sites is 1. The molecule has 8 heteroatoms. The van der Waals surface area contributed by atoms with Gasteiger partial charge >= 0.3 is 0 Å². The summed E-state index contributed by atoms with van der Waals surface area (Å²) >= 11 is 0. The van der Waals surface area contributed by atoms with E-state index in [2.05, 4.69) is 4.72 Å². The number of nitrogens with zero attached hydrogens (tertiary/aromatic N) is 1. The van der Waals surface area contributed by atoms with Crippen LogP contribution in [-0.4, -0.2) is 28.6 Å². The Morgan fingerprint density at radius 2 is 1.39 bits per heavy atom. The molecule has 0 bridgehead atoms. The molecule has 0 aromatic heterocycles. The Morgan fingerprint density at radius 3 is 1.86 bits per heavy atom. The van der Waals surface area contributed by atoms with Gasteiger partial charge in [-0.3, -0.25) is 0 Å². The molecule has 0 aliphatic carbocycles. The van der Waals surface area contributed by atoms with Crippen LogP contribution in [0.4, 0.5) is 11.4 Å². The second-order valence-electron chi connectivity index (χ2n) is 7.25. The lowest BCUT2D eigenvalue weighted by Crippen LogP contribution is -2.39. The highest BCUT2D eigenvalue weighted by Gasteiger charge is 2.36. The molecule has 28 heavy (non-hydrogen) atoms. The van der Waals surface area contributed by atoms with E-state index in [1.165, 1.54) is 4.31 Å². The molecule has 0 saturated carbocycles. The van der Waals surface area contributed by atoms with Crippen molar-refractivity contribution in [2.24, 2.45) is 0 Å². The largest absolute Gasteiger partial charge is 0.241 e. The normalized spacial score (nSPS) is 12.9. The highest BCUT2D eigenvalue weighted by atomic mass is 32.2. The van der Waals surface area contributed by atoms with Crippen molar-refractivity contribution in [2.45, 2.75) is 44.6 Å². The van der Waals surface area contributed by atoms with Crippen molar-refractivity contribution >= 4 is 31.4 Å². The minimum absolute atomic E-state index is 0.304. The standard InChI is InChI=1S/C20H28N2O4S2/c1-6-21-28(25,26)20(4,5)17-12-14-19(15-13-17)22(27(23,24)16(2)3)18-10-8-7-9-11-18/h7-16,21H,6H2,1-5H3. The first-order chi connectivity index (χ1) is 12.9. The molecular formula is C20H28N2O4S2. The minimum atomic E-state index is -3.63. The van der Waals surface area contributed by atoms with Gasteiger partial charge in [-0.25, -0.2) is 25.9 Å². The Labute approximate surface area is 168 Å². The zero-order valence-corrected chi connectivity index (χ0v) is 18.5. The highest BCUT2D eigenvalue weighted by molar-refractivity contribution is 7.93. The third-order valence-electron chi connectivity index (χ3n) is 4.64. The van der Waals surface area contributed by atoms with E-state index in [1.807, 2.05) is 6.07 Å². The van der Waals surface area contributed by atoms with Gasteiger partial charge in [0.05, 0.1) is 16.6 Å². The molecule has 0 aliphatic rings. The summed E-state index contributed by atoms with van der Waals surface area (Å²) in [6, 6.07) is 15.4. The van der Waals surface area contributed by atoms with E-state index in [0.29, 0.717) is 23.5 Å². The van der Waals surface area contributed by atoms with Crippen LogP contribution in [0.5, 0.6) is 0 Å². The van der Waals surface area contributed by atoms with Crippen molar-refractivity contribution < 1.29 is 16.8 Å². The molecule has 6 nitrogen and oxygen atoms in total. The van der Waals surface area contributed by atoms with Gasteiger partial charge in [-0.05, 0) is 57.5 Å². The molecule has 154 valence electrons. The van der Waals surface area contributed by atoms with Crippen molar-refractivity contribution in [3.05, 3.63) is 60.2 Å². The van der Waals surface area contributed by atoms with E-state index < -0.39 is 30.0 Å². The Morgan fingerprint density at radius 1 is 0.893 bits per heavy atom. The Bertz CT molecular complexity index is 998. The van der Waals surface area contributed by atoms with E-state index in [0.717, 1.165) is 0 Å². The first-order valence-corrected chi connectivity index (χ1v) is 12.1. The molecule has 0 heterocycles. The van der Waals surface area contributed by atoms with Crippen LogP contribution >= 0.6 is 0 Å². The van der Waals surface area contributed by atoms with Gasteiger partial charge in [0.2, 0.25) is 20.0 Å². The summed E-state index contributed by atoms with van der Waals surface area (Å²) in [6.45, 7) is 8.54. The lowest BCUT2D eigenvalue weighted by molar-refractivity contribution is 0.542. The van der Waals surface area contributed by atoms with Gasteiger partial charge in [-0.2, -0.15) is 0 Å². The average Bonchev–Trinajstić information content (AvgIpc) is 2.62. The third-order valence-corrected chi connectivity index (χ3v) is 9.01. The van der Waals surface area contributed by atoms with Crippen LogP contribution in [0, 0.1) is 0 Å². The van der Waals surface area contributed by atoms with Crippen LogP contribution in [0.3, 0.4) is 0 Å². The van der Waals surface area contributed by atoms with Crippen molar-refractivity contribution in [3.63, 3.8) is 0 Å². The van der Waals surface area contributed by atoms with Crippen LogP contribution < -0.4 is 9.03 Å². The maximum atomic E-state index is 13.0. The minimum Gasteiger partial charge on any atom is -0.238 e. The quantitative estimate of drug-likeness (QED) is 0.700. The number of sulfonamides is 2. The molecule has 2 aromatic rings. The maximum Gasteiger partial charge on any atom is 0.241 e. The predicted octanol–water partition coefficient (Wildman–Crippen LogP) is 3.74. The first-order valence-electron chi connectivity index (χ1n) is 9.14. The van der Waals surface area contributed by atoms with Gasteiger partial charge in [0, 0.05) is 6.54 Å². The van der Waals surface area contributed by atoms with Crippen molar-refractivity contribution in [2.75, 3.05) is 10.8 Å². The number of rotatable bonds is 8. The van der Waals surface area contributed by atoms with Gasteiger partial charge in [0.1, 0.15) is 4.75 Å². The molecule has 0 aliphatic heterocycles. The average molecular weight is 425 g/mol. The molecule has 2 rings (SSSR count). The highest BCUT2D eigenvalue weighted by Crippen LogP contribution is 2.34. The van der Waals surface area contributed by atoms with E-state index in [4.69, 9.17) is 0 Å². The van der Waals surface area contributed by atoms with Gasteiger partial charge < -0.3 is 0 Å². The van der Waals surface area contributed by atoms with E-state index in [9.17, 15) is 16.8 Å². The van der Waals surface area contributed by atoms with Gasteiger partial charge in [0.15, 0.2) is 0 Å². The van der Waals surface area contributed by atoms with Crippen LogP contribution in [0.1, 0.15) is 40.2 Å². The summed E-state index contributed by atoms with van der Waals surface area (Å²) in [4.78, 5) is 0. The van der Waals surface area contributed by atoms with E-state index >= 15 is 0 Å². The fraction of sp³-hybridized carbons (Fsp3) is 0.400. The van der Waals surface area contributed by atoms with Crippen LogP contribution in [0.15, 0.2) is 54.6 Å². The second-order valence-corrected chi connectivity index (χ2v) is 11.9. The SMILES string of the molecule is CCNS(=O)(=O)C(C)(C)c1ccc(N(c2ccccc2)S(=O)(=O)C(C)C)cc1. The van der Waals surface area contributed by atoms with Gasteiger partial charge in [-0.15, -0.1) is 0 Å². The Balaban J connectivity index is 2.54. The number of anilines is 2. The third kappa shape index (κ3) is 4.24. The summed E-state index contributed by atoms with van der Waals surface area (Å²) in [5, 5.41) is -0.613. The van der Waals surface area contributed by atoms with Crippen molar-refractivity contribution in [1.82, 2.24) is 4.72 Å². The Kier molecular flexibility index (Phi) is 6.58. The summed E-state index contributed by atoms with van der Waals surface area (Å²) in [5.74, 6) is 0. The zero-order valence-electron chi connectivity index (χ0n) is 16.9. The molecule has 0 spiro atoms. The van der Waals surface area contributed by atoms with Crippen LogP contribution in [-0.2, 0) is 24.8 Å². The molecule has 0 saturated heterocycles. The smallest absolute Gasteiger partial charge is 0.238 e. The maximum absolute atomic E-state index is 13.0. The summed E-state index contributed by atoms with van der Waals surface area (Å²) < 4.78 is 53.7. The molecule has 0 atom stereocenters. The van der Waals surface area contributed by atoms with Crippen molar-refractivity contribution in [1.29, 1.82) is 0 Å². The van der Waals surface area contributed by atoms with Gasteiger partial charge in [0.25, 0.3) is 0 Å². The topological polar surface area (TPSA) is 83.6 Å². The molecule has 0 radical (unpaired) electrons. The van der Waals surface area contributed by atoms with Crippen LogP contribution in [0.25, 0.3) is 0 Å². The fourth-order valence-corrected chi connectivity index (χ4v) is 5.18. The lowest BCUT2D eigenvalue weighted by Gasteiger charge is -2.28.